The van der Waals surface area contributed by atoms with Crippen LogP contribution in [0, 0.1) is 0 Å². The normalized spacial score (nSPS) is 14.9. The molecular formula is C18H22Cl2N4O3. The van der Waals surface area contributed by atoms with Crippen molar-refractivity contribution < 1.29 is 14.3 Å². The van der Waals surface area contributed by atoms with Crippen LogP contribution in [0.5, 0.6) is 0 Å². The maximum absolute atomic E-state index is 12.3. The molecule has 1 aliphatic heterocycles. The molecule has 2 heterocycles. The SMILES string of the molecule is Cl.Cl.NC1(C(=O)Nc2ccc(NC(=O)c3ccccc3)nc2)CCOCC1. The molecule has 0 atom stereocenters. The van der Waals surface area contributed by atoms with Crippen LogP contribution in [0.4, 0.5) is 11.5 Å². The number of carbonyl (C=O) groups excluding carboxylic acids is 2. The molecule has 27 heavy (non-hydrogen) atoms. The number of hydrogen-bond donors (Lipinski definition) is 3. The highest BCUT2D eigenvalue weighted by atomic mass is 35.5. The molecule has 3 rings (SSSR count). The van der Waals surface area contributed by atoms with Crippen LogP contribution in [0.3, 0.4) is 0 Å². The maximum atomic E-state index is 12.3. The zero-order chi connectivity index (χ0) is 17.7. The number of halogens is 2. The van der Waals surface area contributed by atoms with Crippen molar-refractivity contribution >= 4 is 48.1 Å². The quantitative estimate of drug-likeness (QED) is 0.715. The Kier molecular flexibility index (Phi) is 8.65. The van der Waals surface area contributed by atoms with Gasteiger partial charge in [-0.15, -0.1) is 24.8 Å². The first-order valence-electron chi connectivity index (χ1n) is 8.07. The fraction of sp³-hybridized carbons (Fsp3) is 0.278. The summed E-state index contributed by atoms with van der Waals surface area (Å²) in [4.78, 5) is 28.6. The lowest BCUT2D eigenvalue weighted by molar-refractivity contribution is -0.124. The second kappa shape index (κ2) is 10.2. The summed E-state index contributed by atoms with van der Waals surface area (Å²) in [6.45, 7) is 0.958. The van der Waals surface area contributed by atoms with E-state index in [1.54, 1.807) is 36.4 Å². The second-order valence-corrected chi connectivity index (χ2v) is 5.97. The molecule has 1 saturated heterocycles. The highest BCUT2D eigenvalue weighted by Gasteiger charge is 2.35. The summed E-state index contributed by atoms with van der Waals surface area (Å²) in [5, 5.41) is 5.48. The van der Waals surface area contributed by atoms with Gasteiger partial charge >= 0.3 is 0 Å². The summed E-state index contributed by atoms with van der Waals surface area (Å²) < 4.78 is 5.24. The Balaban J connectivity index is 0.00000182. The molecule has 9 heteroatoms. The molecule has 0 radical (unpaired) electrons. The Hall–Kier alpha value is -2.19. The second-order valence-electron chi connectivity index (χ2n) is 5.97. The van der Waals surface area contributed by atoms with Crippen LogP contribution in [-0.4, -0.2) is 35.6 Å². The Bertz CT molecular complexity index is 751. The summed E-state index contributed by atoms with van der Waals surface area (Å²) >= 11 is 0. The van der Waals surface area contributed by atoms with E-state index in [9.17, 15) is 9.59 Å². The maximum Gasteiger partial charge on any atom is 0.256 e. The number of nitrogens with zero attached hydrogens (tertiary/aromatic N) is 1. The molecule has 1 fully saturated rings. The Morgan fingerprint density at radius 1 is 1.00 bits per heavy atom. The number of nitrogens with one attached hydrogen (secondary N) is 2. The molecule has 0 unspecified atom stereocenters. The van der Waals surface area contributed by atoms with Gasteiger partial charge in [-0.1, -0.05) is 18.2 Å². The smallest absolute Gasteiger partial charge is 0.256 e. The molecule has 146 valence electrons. The molecule has 0 spiro atoms. The fourth-order valence-corrected chi connectivity index (χ4v) is 2.54. The first kappa shape index (κ1) is 22.9. The number of hydrogen-bond acceptors (Lipinski definition) is 5. The van der Waals surface area contributed by atoms with E-state index in [0.717, 1.165) is 0 Å². The van der Waals surface area contributed by atoms with Gasteiger partial charge in [-0.25, -0.2) is 4.98 Å². The summed E-state index contributed by atoms with van der Waals surface area (Å²) in [6, 6.07) is 12.2. The van der Waals surface area contributed by atoms with Crippen molar-refractivity contribution in [3.8, 4) is 0 Å². The van der Waals surface area contributed by atoms with Gasteiger partial charge in [0.2, 0.25) is 5.91 Å². The van der Waals surface area contributed by atoms with Crippen molar-refractivity contribution in [3.63, 3.8) is 0 Å². The number of ether oxygens (including phenoxy) is 1. The van der Waals surface area contributed by atoms with Gasteiger partial charge in [0.25, 0.3) is 5.91 Å². The Labute approximate surface area is 169 Å². The summed E-state index contributed by atoms with van der Waals surface area (Å²) in [7, 11) is 0. The summed E-state index contributed by atoms with van der Waals surface area (Å²) in [6.07, 6.45) is 2.45. The minimum Gasteiger partial charge on any atom is -0.381 e. The van der Waals surface area contributed by atoms with Gasteiger partial charge in [-0.3, -0.25) is 9.59 Å². The average Bonchev–Trinajstić information content (AvgIpc) is 2.64. The summed E-state index contributed by atoms with van der Waals surface area (Å²) in [5.74, 6) is -0.0907. The molecule has 2 aromatic rings. The molecule has 1 aromatic carbocycles. The van der Waals surface area contributed by atoms with Crippen molar-refractivity contribution in [2.24, 2.45) is 5.73 Å². The average molecular weight is 413 g/mol. The van der Waals surface area contributed by atoms with Gasteiger partial charge in [0, 0.05) is 18.8 Å². The van der Waals surface area contributed by atoms with E-state index in [4.69, 9.17) is 10.5 Å². The predicted molar refractivity (Wildman–Crippen MR) is 109 cm³/mol. The van der Waals surface area contributed by atoms with Crippen LogP contribution >= 0.6 is 24.8 Å². The topological polar surface area (TPSA) is 106 Å². The highest BCUT2D eigenvalue weighted by Crippen LogP contribution is 2.20. The minimum absolute atomic E-state index is 0. The van der Waals surface area contributed by atoms with Crippen molar-refractivity contribution in [3.05, 3.63) is 54.2 Å². The van der Waals surface area contributed by atoms with Crippen LogP contribution in [-0.2, 0) is 9.53 Å². The third-order valence-corrected chi connectivity index (χ3v) is 4.14. The monoisotopic (exact) mass is 412 g/mol. The van der Waals surface area contributed by atoms with Gasteiger partial charge in [-0.05, 0) is 37.1 Å². The molecule has 0 bridgehead atoms. The lowest BCUT2D eigenvalue weighted by atomic mass is 9.90. The molecule has 0 saturated carbocycles. The van der Waals surface area contributed by atoms with E-state index >= 15 is 0 Å². The fourth-order valence-electron chi connectivity index (χ4n) is 2.54. The highest BCUT2D eigenvalue weighted by molar-refractivity contribution is 6.04. The van der Waals surface area contributed by atoms with E-state index < -0.39 is 5.54 Å². The molecule has 7 nitrogen and oxygen atoms in total. The van der Waals surface area contributed by atoms with E-state index in [2.05, 4.69) is 15.6 Å². The number of amides is 2. The van der Waals surface area contributed by atoms with Gasteiger partial charge in [-0.2, -0.15) is 0 Å². The van der Waals surface area contributed by atoms with Crippen molar-refractivity contribution in [2.45, 2.75) is 18.4 Å². The number of aromatic nitrogens is 1. The molecule has 0 aliphatic carbocycles. The van der Waals surface area contributed by atoms with Crippen molar-refractivity contribution in [1.29, 1.82) is 0 Å². The standard InChI is InChI=1S/C18H20N4O3.2ClH/c19-18(8-10-25-11-9-18)17(24)21-14-6-7-15(20-12-14)22-16(23)13-4-2-1-3-5-13;;/h1-7,12H,8-11,19H2,(H,21,24)(H,20,22,23);2*1H. The van der Waals surface area contributed by atoms with Gasteiger partial charge in [0.1, 0.15) is 11.4 Å². The predicted octanol–water partition coefficient (Wildman–Crippen LogP) is 2.62. The van der Waals surface area contributed by atoms with Crippen LogP contribution in [0.2, 0.25) is 0 Å². The first-order chi connectivity index (χ1) is 12.1. The largest absolute Gasteiger partial charge is 0.381 e. The van der Waals surface area contributed by atoms with Gasteiger partial charge in [0.15, 0.2) is 0 Å². The number of rotatable bonds is 4. The van der Waals surface area contributed by atoms with Crippen LogP contribution < -0.4 is 16.4 Å². The lowest BCUT2D eigenvalue weighted by Gasteiger charge is -2.31. The minimum atomic E-state index is -0.918. The van der Waals surface area contributed by atoms with Crippen molar-refractivity contribution in [2.75, 3.05) is 23.8 Å². The van der Waals surface area contributed by atoms with Gasteiger partial charge < -0.3 is 21.1 Å². The molecular weight excluding hydrogens is 391 g/mol. The van der Waals surface area contributed by atoms with Gasteiger partial charge in [0.05, 0.1) is 11.9 Å². The molecule has 4 N–H and O–H groups in total. The van der Waals surface area contributed by atoms with E-state index in [1.165, 1.54) is 6.20 Å². The number of carbonyl (C=O) groups is 2. The Morgan fingerprint density at radius 3 is 2.26 bits per heavy atom. The first-order valence-corrected chi connectivity index (χ1v) is 8.07. The third kappa shape index (κ3) is 5.90. The zero-order valence-corrected chi connectivity index (χ0v) is 16.1. The summed E-state index contributed by atoms with van der Waals surface area (Å²) in [5.41, 5.74) is 6.30. The van der Waals surface area contributed by atoms with E-state index in [1.807, 2.05) is 6.07 Å². The van der Waals surface area contributed by atoms with E-state index in [0.29, 0.717) is 43.1 Å². The van der Waals surface area contributed by atoms with Crippen LogP contribution in [0.1, 0.15) is 23.2 Å². The van der Waals surface area contributed by atoms with Crippen molar-refractivity contribution in [1.82, 2.24) is 4.98 Å². The Morgan fingerprint density at radius 2 is 1.67 bits per heavy atom. The van der Waals surface area contributed by atoms with E-state index in [-0.39, 0.29) is 36.6 Å². The molecule has 1 aliphatic rings. The molecule has 2 amide bonds. The van der Waals surface area contributed by atoms with Crippen LogP contribution in [0.25, 0.3) is 0 Å². The number of benzene rings is 1. The number of anilines is 2. The molecule has 1 aromatic heterocycles. The number of pyridine rings is 1. The third-order valence-electron chi connectivity index (χ3n) is 4.14. The zero-order valence-electron chi connectivity index (χ0n) is 14.5. The number of nitrogens with two attached hydrogens (primary N) is 1. The lowest BCUT2D eigenvalue weighted by Crippen LogP contribution is -2.54. The van der Waals surface area contributed by atoms with Crippen LogP contribution in [0.15, 0.2) is 48.7 Å².